The molecule has 0 radical (unpaired) electrons. The Kier molecular flexibility index (Phi) is 1.92. The van der Waals surface area contributed by atoms with E-state index >= 15 is 0 Å². The van der Waals surface area contributed by atoms with E-state index in [1.165, 1.54) is 30.4 Å². The van der Waals surface area contributed by atoms with Gasteiger partial charge in [0, 0.05) is 11.1 Å². The van der Waals surface area contributed by atoms with Crippen molar-refractivity contribution in [1.29, 1.82) is 0 Å². The summed E-state index contributed by atoms with van der Waals surface area (Å²) in [5.74, 6) is 4.44. The minimum Gasteiger partial charge on any atom is -0.496 e. The van der Waals surface area contributed by atoms with Crippen LogP contribution >= 0.6 is 0 Å². The smallest absolute Gasteiger partial charge is 0.122 e. The van der Waals surface area contributed by atoms with Gasteiger partial charge in [0.25, 0.3) is 0 Å². The van der Waals surface area contributed by atoms with Gasteiger partial charge in [-0.05, 0) is 54.6 Å². The van der Waals surface area contributed by atoms with Gasteiger partial charge >= 0.3 is 0 Å². The van der Waals surface area contributed by atoms with Crippen LogP contribution in [0.3, 0.4) is 0 Å². The van der Waals surface area contributed by atoms with Crippen LogP contribution in [0.1, 0.15) is 49.1 Å². The summed E-state index contributed by atoms with van der Waals surface area (Å²) in [4.78, 5) is 0. The number of methoxy groups -OCH3 is 2. The number of rotatable bonds is 2. The molecule has 1 aromatic carbocycles. The molecule has 4 aliphatic rings. The summed E-state index contributed by atoms with van der Waals surface area (Å²) in [6, 6.07) is 4.16. The topological polar surface area (TPSA) is 18.5 Å². The van der Waals surface area contributed by atoms with Gasteiger partial charge in [-0.3, -0.25) is 0 Å². The lowest BCUT2D eigenvalue weighted by Gasteiger charge is -2.43. The van der Waals surface area contributed by atoms with Crippen LogP contribution in [-0.2, 0) is 0 Å². The van der Waals surface area contributed by atoms with Gasteiger partial charge in [0.15, 0.2) is 0 Å². The lowest BCUT2D eigenvalue weighted by atomic mass is 9.61. The Morgan fingerprint density at radius 1 is 1.06 bits per heavy atom. The third-order valence-electron chi connectivity index (χ3n) is 5.76. The lowest BCUT2D eigenvalue weighted by molar-refractivity contribution is 0.238. The molecule has 2 nitrogen and oxygen atoms in total. The largest absolute Gasteiger partial charge is 0.496 e. The normalized spacial score (nSPS) is 38.9. The lowest BCUT2D eigenvalue weighted by Crippen LogP contribution is -2.30. The van der Waals surface area contributed by atoms with E-state index in [-0.39, 0.29) is 0 Å². The second-order valence-corrected chi connectivity index (χ2v) is 6.35. The van der Waals surface area contributed by atoms with E-state index in [1.807, 2.05) is 0 Å². The molecular formula is C16H20O2. The maximum atomic E-state index is 5.62. The van der Waals surface area contributed by atoms with Crippen LogP contribution in [0.4, 0.5) is 0 Å². The van der Waals surface area contributed by atoms with Crippen LogP contribution in [0.15, 0.2) is 12.1 Å². The van der Waals surface area contributed by atoms with Gasteiger partial charge in [-0.2, -0.15) is 0 Å². The molecule has 0 heterocycles. The summed E-state index contributed by atoms with van der Waals surface area (Å²) < 4.78 is 11.2. The fourth-order valence-electron chi connectivity index (χ4n) is 4.81. The second-order valence-electron chi connectivity index (χ2n) is 6.35. The van der Waals surface area contributed by atoms with Crippen molar-refractivity contribution >= 4 is 0 Å². The first-order chi connectivity index (χ1) is 8.70. The molecule has 1 aromatic rings. The molecule has 5 rings (SSSR count). The summed E-state index contributed by atoms with van der Waals surface area (Å²) in [6.07, 6.45) is 4.05. The molecule has 18 heavy (non-hydrogen) atoms. The fourth-order valence-corrected chi connectivity index (χ4v) is 4.81. The minimum atomic E-state index is 0.551. The van der Waals surface area contributed by atoms with Crippen molar-refractivity contribution in [2.45, 2.75) is 38.0 Å². The third kappa shape index (κ3) is 1.05. The highest BCUT2D eigenvalue weighted by Crippen LogP contribution is 2.76. The second kappa shape index (κ2) is 3.23. The quantitative estimate of drug-likeness (QED) is 0.789. The Balaban J connectivity index is 1.98. The average Bonchev–Trinajstić information content (AvgIpc) is 3.12. The maximum Gasteiger partial charge on any atom is 0.122 e. The van der Waals surface area contributed by atoms with Gasteiger partial charge in [0.05, 0.1) is 14.2 Å². The van der Waals surface area contributed by atoms with Gasteiger partial charge in [0.2, 0.25) is 0 Å². The molecule has 0 saturated heterocycles. The van der Waals surface area contributed by atoms with Crippen LogP contribution in [0, 0.1) is 11.3 Å². The molecule has 0 amide bonds. The molecule has 0 spiro atoms. The van der Waals surface area contributed by atoms with Gasteiger partial charge in [0.1, 0.15) is 11.5 Å². The summed E-state index contributed by atoms with van der Waals surface area (Å²) in [6.45, 7) is 2.47. The SMILES string of the molecule is COc1ccc(OC)c2c1[C@H]1CC[C@H]2[C@]2(C)C[C@H]12. The first-order valence-corrected chi connectivity index (χ1v) is 6.95. The van der Waals surface area contributed by atoms with Crippen LogP contribution in [-0.4, -0.2) is 14.2 Å². The average molecular weight is 244 g/mol. The van der Waals surface area contributed by atoms with E-state index < -0.39 is 0 Å². The van der Waals surface area contributed by atoms with Crippen molar-refractivity contribution in [3.8, 4) is 11.5 Å². The third-order valence-corrected chi connectivity index (χ3v) is 5.76. The molecule has 4 atom stereocenters. The summed E-state index contributed by atoms with van der Waals surface area (Å²) in [5, 5.41) is 0. The van der Waals surface area contributed by atoms with Crippen molar-refractivity contribution < 1.29 is 9.47 Å². The van der Waals surface area contributed by atoms with Crippen molar-refractivity contribution in [2.75, 3.05) is 14.2 Å². The Bertz CT molecular complexity index is 522. The van der Waals surface area contributed by atoms with Crippen molar-refractivity contribution in [3.63, 3.8) is 0 Å². The van der Waals surface area contributed by atoms with Crippen LogP contribution in [0.2, 0.25) is 0 Å². The number of hydrogen-bond acceptors (Lipinski definition) is 2. The standard InChI is InChI=1S/C16H20O2/c1-16-8-11(16)9-4-5-10(16)15-13(18-3)7-6-12(17-2)14(9)15/h6-7,9-11H,4-5,8H2,1-3H3/t9-,10+,11+,16-/m0/s1. The van der Waals surface area contributed by atoms with Gasteiger partial charge in [-0.15, -0.1) is 0 Å². The number of hydrogen-bond donors (Lipinski definition) is 0. The van der Waals surface area contributed by atoms with Crippen LogP contribution < -0.4 is 9.47 Å². The molecule has 2 bridgehead atoms. The van der Waals surface area contributed by atoms with E-state index in [9.17, 15) is 0 Å². The predicted octanol–water partition coefficient (Wildman–Crippen LogP) is 3.70. The molecule has 2 fully saturated rings. The highest BCUT2D eigenvalue weighted by Gasteiger charge is 2.65. The zero-order valence-corrected chi connectivity index (χ0v) is 11.3. The number of fused-ring (bicyclic) bond motifs is 1. The molecule has 4 aliphatic carbocycles. The molecule has 2 saturated carbocycles. The first-order valence-electron chi connectivity index (χ1n) is 6.95. The summed E-state index contributed by atoms with van der Waals surface area (Å²) in [5.41, 5.74) is 3.48. The van der Waals surface area contributed by atoms with Crippen molar-refractivity contribution in [1.82, 2.24) is 0 Å². The first kappa shape index (κ1) is 10.7. The van der Waals surface area contributed by atoms with E-state index in [0.717, 1.165) is 17.4 Å². The molecule has 0 unspecified atom stereocenters. The number of ether oxygens (including phenoxy) is 2. The fraction of sp³-hybridized carbons (Fsp3) is 0.625. The molecule has 0 N–H and O–H groups in total. The van der Waals surface area contributed by atoms with E-state index in [0.29, 0.717) is 17.3 Å². The Hall–Kier alpha value is -1.18. The molecular weight excluding hydrogens is 224 g/mol. The molecule has 96 valence electrons. The Morgan fingerprint density at radius 3 is 2.39 bits per heavy atom. The summed E-state index contributed by atoms with van der Waals surface area (Å²) >= 11 is 0. The number of benzene rings is 1. The van der Waals surface area contributed by atoms with Crippen molar-refractivity contribution in [2.24, 2.45) is 11.3 Å². The van der Waals surface area contributed by atoms with E-state index in [1.54, 1.807) is 14.2 Å². The van der Waals surface area contributed by atoms with Crippen LogP contribution in [0.5, 0.6) is 11.5 Å². The Labute approximate surface area is 108 Å². The molecule has 0 aliphatic heterocycles. The Morgan fingerprint density at radius 2 is 1.72 bits per heavy atom. The molecule has 2 heteroatoms. The van der Waals surface area contributed by atoms with Gasteiger partial charge in [-0.1, -0.05) is 6.92 Å². The van der Waals surface area contributed by atoms with Gasteiger partial charge in [-0.25, -0.2) is 0 Å². The van der Waals surface area contributed by atoms with Gasteiger partial charge < -0.3 is 9.47 Å². The van der Waals surface area contributed by atoms with Crippen molar-refractivity contribution in [3.05, 3.63) is 23.3 Å². The van der Waals surface area contributed by atoms with E-state index in [4.69, 9.17) is 9.47 Å². The predicted molar refractivity (Wildman–Crippen MR) is 70.5 cm³/mol. The highest BCUT2D eigenvalue weighted by atomic mass is 16.5. The molecule has 0 aromatic heterocycles. The summed E-state index contributed by atoms with van der Waals surface area (Å²) in [7, 11) is 3.58. The van der Waals surface area contributed by atoms with E-state index in [2.05, 4.69) is 19.1 Å². The zero-order valence-electron chi connectivity index (χ0n) is 11.3. The van der Waals surface area contributed by atoms with Crippen LogP contribution in [0.25, 0.3) is 0 Å². The highest BCUT2D eigenvalue weighted by molar-refractivity contribution is 5.58. The maximum absolute atomic E-state index is 5.62. The minimum absolute atomic E-state index is 0.551. The monoisotopic (exact) mass is 244 g/mol. The zero-order chi connectivity index (χ0) is 12.5.